The Kier molecular flexibility index (Phi) is 9.71. The molecule has 0 saturated heterocycles. The molecule has 48 heavy (non-hydrogen) atoms. The van der Waals surface area contributed by atoms with Gasteiger partial charge in [0.25, 0.3) is 0 Å². The van der Waals surface area contributed by atoms with Crippen molar-refractivity contribution in [3.05, 3.63) is 132 Å². The summed E-state index contributed by atoms with van der Waals surface area (Å²) in [6, 6.07) is 38.6. The predicted molar refractivity (Wildman–Crippen MR) is 192 cm³/mol. The largest absolute Gasteiger partial charge is 2.00 e. The molecular formula is C42H40N4OPt. The third kappa shape index (κ3) is 6.49. The average molecular weight is 812 g/mol. The molecule has 7 aromatic rings. The summed E-state index contributed by atoms with van der Waals surface area (Å²) >= 11 is 0. The van der Waals surface area contributed by atoms with Gasteiger partial charge in [-0.3, -0.25) is 4.68 Å². The average Bonchev–Trinajstić information content (AvgIpc) is 3.56. The van der Waals surface area contributed by atoms with Crippen molar-refractivity contribution in [3.63, 3.8) is 0 Å². The Morgan fingerprint density at radius 1 is 0.792 bits per heavy atom. The number of nitrogens with zero attached hydrogens (tertiary/aromatic N) is 4. The molecule has 244 valence electrons. The minimum Gasteiger partial charge on any atom is -0.509 e. The molecule has 0 atom stereocenters. The predicted octanol–water partition coefficient (Wildman–Crippen LogP) is 10.8. The summed E-state index contributed by atoms with van der Waals surface area (Å²) in [6.45, 7) is 13.2. The number of hydrogen-bond donors (Lipinski definition) is 0. The quantitative estimate of drug-likeness (QED) is 0.136. The van der Waals surface area contributed by atoms with Crippen molar-refractivity contribution in [2.24, 2.45) is 5.92 Å². The van der Waals surface area contributed by atoms with Crippen LogP contribution in [0.25, 0.3) is 44.4 Å². The molecule has 0 fully saturated rings. The van der Waals surface area contributed by atoms with Gasteiger partial charge < -0.3 is 9.30 Å². The zero-order chi connectivity index (χ0) is 32.7. The van der Waals surface area contributed by atoms with Crippen molar-refractivity contribution in [1.29, 1.82) is 0 Å². The summed E-state index contributed by atoms with van der Waals surface area (Å²) in [6.07, 6.45) is 4.08. The molecule has 3 heterocycles. The second-order valence-electron chi connectivity index (χ2n) is 13.1. The van der Waals surface area contributed by atoms with E-state index >= 15 is 0 Å². The summed E-state index contributed by atoms with van der Waals surface area (Å²) in [5, 5.41) is 7.19. The Hall–Kier alpha value is -4.47. The molecule has 0 aliphatic carbocycles. The molecular weight excluding hydrogens is 772 g/mol. The number of rotatable bonds is 9. The monoisotopic (exact) mass is 811 g/mol. The number of pyridine rings is 1. The molecule has 5 nitrogen and oxygen atoms in total. The zero-order valence-corrected chi connectivity index (χ0v) is 30.6. The van der Waals surface area contributed by atoms with Crippen LogP contribution < -0.4 is 4.74 Å². The van der Waals surface area contributed by atoms with Crippen LogP contribution in [0.2, 0.25) is 0 Å². The van der Waals surface area contributed by atoms with Crippen LogP contribution in [0.1, 0.15) is 62.5 Å². The Balaban J connectivity index is 0.00000401. The summed E-state index contributed by atoms with van der Waals surface area (Å²) in [5.74, 6) is 3.18. The second-order valence-corrected chi connectivity index (χ2v) is 13.1. The molecule has 6 heteroatoms. The van der Waals surface area contributed by atoms with Crippen molar-refractivity contribution in [2.75, 3.05) is 0 Å². The Morgan fingerprint density at radius 3 is 2.35 bits per heavy atom. The van der Waals surface area contributed by atoms with Gasteiger partial charge in [0.15, 0.2) is 0 Å². The van der Waals surface area contributed by atoms with Crippen molar-refractivity contribution >= 4 is 21.8 Å². The number of aryl methyl sites for hydroxylation is 2. The number of aromatic nitrogens is 4. The maximum atomic E-state index is 6.46. The second kappa shape index (κ2) is 13.9. The molecule has 0 saturated carbocycles. The third-order valence-corrected chi connectivity index (χ3v) is 8.94. The van der Waals surface area contributed by atoms with E-state index < -0.39 is 0 Å². The van der Waals surface area contributed by atoms with Crippen LogP contribution in [0.4, 0.5) is 0 Å². The maximum absolute atomic E-state index is 6.46. The number of fused-ring (bicyclic) bond motifs is 3. The van der Waals surface area contributed by atoms with Crippen LogP contribution in [-0.2, 0) is 27.5 Å². The summed E-state index contributed by atoms with van der Waals surface area (Å²) in [5.41, 5.74) is 9.79. The van der Waals surface area contributed by atoms with Gasteiger partial charge in [0.2, 0.25) is 0 Å². The third-order valence-electron chi connectivity index (χ3n) is 8.94. The first kappa shape index (κ1) is 33.4. The van der Waals surface area contributed by atoms with Crippen LogP contribution in [0, 0.1) is 31.9 Å². The van der Waals surface area contributed by atoms with Crippen LogP contribution in [0.15, 0.2) is 97.2 Å². The van der Waals surface area contributed by atoms with E-state index in [4.69, 9.17) is 14.8 Å². The first-order valence-corrected chi connectivity index (χ1v) is 16.5. The zero-order valence-electron chi connectivity index (χ0n) is 28.3. The SMILES string of the molecule is Cc1nn(-c2[c-]c(Oc3[c-]c4c(cc3)c3cc(C(C)C)ccc3n4-c3cc(CCC(C)C)ccn3)ccc2)c(C)c1-c1ccccc1.[Pt+2]. The molecule has 7 rings (SSSR count). The maximum Gasteiger partial charge on any atom is 2.00 e. The van der Waals surface area contributed by atoms with Crippen molar-refractivity contribution < 1.29 is 25.8 Å². The van der Waals surface area contributed by atoms with Crippen LogP contribution in [0.3, 0.4) is 0 Å². The molecule has 0 unspecified atom stereocenters. The summed E-state index contributed by atoms with van der Waals surface area (Å²) < 4.78 is 10.6. The van der Waals surface area contributed by atoms with E-state index in [1.807, 2.05) is 41.2 Å². The van der Waals surface area contributed by atoms with Crippen LogP contribution in [0.5, 0.6) is 11.5 Å². The number of hydrogen-bond acceptors (Lipinski definition) is 3. The summed E-state index contributed by atoms with van der Waals surface area (Å²) in [7, 11) is 0. The fraction of sp³-hybridized carbons (Fsp3) is 0.238. The molecule has 0 amide bonds. The molecule has 0 radical (unpaired) electrons. The van der Waals surface area contributed by atoms with Crippen LogP contribution in [-0.4, -0.2) is 19.3 Å². The van der Waals surface area contributed by atoms with E-state index in [0.717, 1.165) is 63.3 Å². The Bertz CT molecular complexity index is 2210. The van der Waals surface area contributed by atoms with Gasteiger partial charge in [-0.15, -0.1) is 35.7 Å². The number of benzene rings is 4. The van der Waals surface area contributed by atoms with Gasteiger partial charge in [-0.05, 0) is 84.5 Å². The van der Waals surface area contributed by atoms with E-state index in [1.165, 1.54) is 16.5 Å². The van der Waals surface area contributed by atoms with Crippen molar-refractivity contribution in [1.82, 2.24) is 19.3 Å². The topological polar surface area (TPSA) is 44.9 Å². The van der Waals surface area contributed by atoms with Crippen molar-refractivity contribution in [2.45, 2.75) is 60.3 Å². The molecule has 0 spiro atoms. The molecule has 0 aliphatic heterocycles. The van der Waals surface area contributed by atoms with Gasteiger partial charge in [0, 0.05) is 34.5 Å². The van der Waals surface area contributed by atoms with E-state index in [0.29, 0.717) is 23.3 Å². The normalized spacial score (nSPS) is 11.5. The molecule has 0 aliphatic rings. The molecule has 0 N–H and O–H groups in total. The van der Waals surface area contributed by atoms with Gasteiger partial charge in [0.05, 0.1) is 5.69 Å². The van der Waals surface area contributed by atoms with Gasteiger partial charge in [-0.1, -0.05) is 75.7 Å². The van der Waals surface area contributed by atoms with E-state index in [1.54, 1.807) is 0 Å². The fourth-order valence-electron chi connectivity index (χ4n) is 6.43. The smallest absolute Gasteiger partial charge is 0.509 e. The Labute approximate surface area is 297 Å². The van der Waals surface area contributed by atoms with E-state index in [-0.39, 0.29) is 21.1 Å². The van der Waals surface area contributed by atoms with Gasteiger partial charge in [0.1, 0.15) is 5.82 Å². The van der Waals surface area contributed by atoms with E-state index in [2.05, 4.69) is 119 Å². The van der Waals surface area contributed by atoms with Gasteiger partial charge in [-0.25, -0.2) is 4.98 Å². The first-order valence-electron chi connectivity index (χ1n) is 16.5. The first-order chi connectivity index (χ1) is 22.8. The minimum atomic E-state index is 0. The minimum absolute atomic E-state index is 0. The van der Waals surface area contributed by atoms with Crippen LogP contribution >= 0.6 is 0 Å². The fourth-order valence-corrected chi connectivity index (χ4v) is 6.43. The van der Waals surface area contributed by atoms with Gasteiger partial charge in [-0.2, -0.15) is 17.2 Å². The summed E-state index contributed by atoms with van der Waals surface area (Å²) in [4.78, 5) is 4.85. The standard InChI is InChI=1S/C42H40N4O.Pt/c1-27(2)15-16-31-21-22-43-41(23-31)45-39-20-17-33(28(3)4)24-38(39)37-19-18-36(26-40(37)45)47-35-14-10-13-34(25-35)46-30(6)42(29(5)44-46)32-11-8-7-9-12-32;/h7-14,17-24,27-28H,15-16H2,1-6H3;/q-2;+2. The molecule has 4 aromatic carbocycles. The number of ether oxygens (including phenoxy) is 1. The van der Waals surface area contributed by atoms with Gasteiger partial charge >= 0.3 is 21.1 Å². The van der Waals surface area contributed by atoms with Crippen molar-refractivity contribution in [3.8, 4) is 34.1 Å². The molecule has 3 aromatic heterocycles. The Morgan fingerprint density at radius 2 is 1.58 bits per heavy atom. The molecule has 0 bridgehead atoms. The van der Waals surface area contributed by atoms with E-state index in [9.17, 15) is 0 Å².